The molecule has 2 unspecified atom stereocenters. The number of ether oxygens (including phenoxy) is 2. The molecule has 152 valence electrons. The van der Waals surface area contributed by atoms with Crippen molar-refractivity contribution in [3.8, 4) is 0 Å². The third-order valence-electron chi connectivity index (χ3n) is 5.34. The summed E-state index contributed by atoms with van der Waals surface area (Å²) in [4.78, 5) is 0. The van der Waals surface area contributed by atoms with Crippen molar-refractivity contribution in [2.24, 2.45) is 10.8 Å². The summed E-state index contributed by atoms with van der Waals surface area (Å²) in [5, 5.41) is 0. The SMILES string of the molecule is CCCCCCC(C)(CC)C(CCCCC)OCCOCC(C)(C)C. The third kappa shape index (κ3) is 12.8. The van der Waals surface area contributed by atoms with E-state index in [2.05, 4.69) is 48.5 Å². The van der Waals surface area contributed by atoms with Crippen LogP contribution in [0.15, 0.2) is 0 Å². The van der Waals surface area contributed by atoms with Crippen molar-refractivity contribution in [2.45, 2.75) is 119 Å². The minimum atomic E-state index is 0.234. The molecule has 0 bridgehead atoms. The Hall–Kier alpha value is -0.0800. The van der Waals surface area contributed by atoms with Gasteiger partial charge in [-0.05, 0) is 30.1 Å². The summed E-state index contributed by atoms with van der Waals surface area (Å²) in [6, 6.07) is 0. The van der Waals surface area contributed by atoms with Crippen LogP contribution in [0.3, 0.4) is 0 Å². The maximum atomic E-state index is 6.39. The molecule has 0 radical (unpaired) electrons. The average Bonchev–Trinajstić information content (AvgIpc) is 2.55. The van der Waals surface area contributed by atoms with Crippen LogP contribution in [0.25, 0.3) is 0 Å². The van der Waals surface area contributed by atoms with E-state index in [0.29, 0.717) is 11.5 Å². The van der Waals surface area contributed by atoms with Crippen LogP contribution in [-0.2, 0) is 9.47 Å². The Morgan fingerprint density at radius 2 is 1.40 bits per heavy atom. The summed E-state index contributed by atoms with van der Waals surface area (Å²) in [6.07, 6.45) is 13.3. The summed E-state index contributed by atoms with van der Waals surface area (Å²) >= 11 is 0. The molecule has 0 aliphatic rings. The highest BCUT2D eigenvalue weighted by molar-refractivity contribution is 4.82. The molecule has 0 amide bonds. The molecular formula is C23H48O2. The van der Waals surface area contributed by atoms with Crippen molar-refractivity contribution < 1.29 is 9.47 Å². The lowest BCUT2D eigenvalue weighted by atomic mass is 9.75. The molecule has 25 heavy (non-hydrogen) atoms. The van der Waals surface area contributed by atoms with Crippen LogP contribution in [0.4, 0.5) is 0 Å². The summed E-state index contributed by atoms with van der Waals surface area (Å²) in [5.74, 6) is 0. The summed E-state index contributed by atoms with van der Waals surface area (Å²) in [7, 11) is 0. The van der Waals surface area contributed by atoms with E-state index in [1.54, 1.807) is 0 Å². The number of hydrogen-bond donors (Lipinski definition) is 0. The molecule has 0 aromatic rings. The first-order valence-electron chi connectivity index (χ1n) is 11.0. The summed E-state index contributed by atoms with van der Waals surface area (Å²) in [5.41, 5.74) is 0.545. The van der Waals surface area contributed by atoms with Gasteiger partial charge in [-0.3, -0.25) is 0 Å². The van der Waals surface area contributed by atoms with Gasteiger partial charge in [0.25, 0.3) is 0 Å². The molecular weight excluding hydrogens is 308 g/mol. The Labute approximate surface area is 159 Å². The molecule has 0 spiro atoms. The second-order valence-electron chi connectivity index (χ2n) is 9.29. The Morgan fingerprint density at radius 1 is 0.760 bits per heavy atom. The van der Waals surface area contributed by atoms with E-state index >= 15 is 0 Å². The summed E-state index contributed by atoms with van der Waals surface area (Å²) in [6.45, 7) is 18.3. The maximum Gasteiger partial charge on any atom is 0.0704 e. The van der Waals surface area contributed by atoms with Crippen LogP contribution in [0, 0.1) is 10.8 Å². The van der Waals surface area contributed by atoms with Crippen LogP contribution in [0.2, 0.25) is 0 Å². The predicted octanol–water partition coefficient (Wildman–Crippen LogP) is 7.40. The van der Waals surface area contributed by atoms with Gasteiger partial charge in [0.2, 0.25) is 0 Å². The van der Waals surface area contributed by atoms with Gasteiger partial charge in [0.15, 0.2) is 0 Å². The van der Waals surface area contributed by atoms with Crippen molar-refractivity contribution in [3.63, 3.8) is 0 Å². The molecule has 2 heteroatoms. The molecule has 2 nitrogen and oxygen atoms in total. The molecule has 0 aliphatic carbocycles. The van der Waals surface area contributed by atoms with Crippen LogP contribution in [0.1, 0.15) is 113 Å². The standard InChI is InChI=1S/C23H48O2/c1-8-11-13-15-17-23(7,10-3)21(16-14-12-9-2)25-19-18-24-20-22(4,5)6/h21H,8-20H2,1-7H3. The third-order valence-corrected chi connectivity index (χ3v) is 5.34. The smallest absolute Gasteiger partial charge is 0.0704 e. The van der Waals surface area contributed by atoms with Crippen molar-refractivity contribution in [2.75, 3.05) is 19.8 Å². The molecule has 2 atom stereocenters. The lowest BCUT2D eigenvalue weighted by molar-refractivity contribution is -0.0704. The molecule has 0 aromatic carbocycles. The van der Waals surface area contributed by atoms with Crippen LogP contribution < -0.4 is 0 Å². The van der Waals surface area contributed by atoms with Gasteiger partial charge in [0.1, 0.15) is 0 Å². The molecule has 0 saturated heterocycles. The quantitative estimate of drug-likeness (QED) is 0.268. The first kappa shape index (κ1) is 24.9. The molecule has 0 aromatic heterocycles. The molecule has 0 aliphatic heterocycles. The Kier molecular flexibility index (Phi) is 14.0. The summed E-state index contributed by atoms with van der Waals surface area (Å²) < 4.78 is 12.2. The van der Waals surface area contributed by atoms with Gasteiger partial charge in [0.05, 0.1) is 25.9 Å². The first-order valence-corrected chi connectivity index (χ1v) is 11.0. The van der Waals surface area contributed by atoms with Gasteiger partial charge in [0, 0.05) is 0 Å². The zero-order valence-corrected chi connectivity index (χ0v) is 18.6. The lowest BCUT2D eigenvalue weighted by Crippen LogP contribution is -2.35. The topological polar surface area (TPSA) is 18.5 Å². The fourth-order valence-electron chi connectivity index (χ4n) is 3.36. The molecule has 0 fully saturated rings. The number of rotatable bonds is 16. The highest BCUT2D eigenvalue weighted by Crippen LogP contribution is 2.37. The van der Waals surface area contributed by atoms with E-state index in [4.69, 9.17) is 9.47 Å². The van der Waals surface area contributed by atoms with Crippen LogP contribution in [-0.4, -0.2) is 25.9 Å². The van der Waals surface area contributed by atoms with E-state index in [-0.39, 0.29) is 5.41 Å². The fraction of sp³-hybridized carbons (Fsp3) is 1.00. The molecule has 0 N–H and O–H groups in total. The number of unbranched alkanes of at least 4 members (excludes halogenated alkanes) is 5. The maximum absolute atomic E-state index is 6.39. The van der Waals surface area contributed by atoms with Crippen molar-refractivity contribution in [1.29, 1.82) is 0 Å². The zero-order valence-electron chi connectivity index (χ0n) is 18.6. The van der Waals surface area contributed by atoms with Crippen molar-refractivity contribution >= 4 is 0 Å². The van der Waals surface area contributed by atoms with Crippen LogP contribution >= 0.6 is 0 Å². The van der Waals surface area contributed by atoms with Crippen LogP contribution in [0.5, 0.6) is 0 Å². The molecule has 0 saturated carbocycles. The molecule has 0 rings (SSSR count). The minimum absolute atomic E-state index is 0.234. The van der Waals surface area contributed by atoms with E-state index < -0.39 is 0 Å². The van der Waals surface area contributed by atoms with Gasteiger partial charge in [-0.1, -0.05) is 93.4 Å². The van der Waals surface area contributed by atoms with Crippen molar-refractivity contribution in [3.05, 3.63) is 0 Å². The van der Waals surface area contributed by atoms with Gasteiger partial charge in [-0.2, -0.15) is 0 Å². The van der Waals surface area contributed by atoms with Gasteiger partial charge < -0.3 is 9.47 Å². The monoisotopic (exact) mass is 356 g/mol. The van der Waals surface area contributed by atoms with E-state index in [1.807, 2.05) is 0 Å². The number of hydrogen-bond acceptors (Lipinski definition) is 2. The predicted molar refractivity (Wildman–Crippen MR) is 111 cm³/mol. The largest absolute Gasteiger partial charge is 0.379 e. The van der Waals surface area contributed by atoms with Crippen molar-refractivity contribution in [1.82, 2.24) is 0 Å². The highest BCUT2D eigenvalue weighted by atomic mass is 16.5. The Bertz CT molecular complexity index is 295. The fourth-order valence-corrected chi connectivity index (χ4v) is 3.36. The highest BCUT2D eigenvalue weighted by Gasteiger charge is 2.32. The average molecular weight is 357 g/mol. The van der Waals surface area contributed by atoms with E-state index in [9.17, 15) is 0 Å². The minimum Gasteiger partial charge on any atom is -0.379 e. The van der Waals surface area contributed by atoms with E-state index in [1.165, 1.54) is 64.2 Å². The van der Waals surface area contributed by atoms with E-state index in [0.717, 1.165) is 19.8 Å². The van der Waals surface area contributed by atoms with Gasteiger partial charge in [-0.25, -0.2) is 0 Å². The molecule has 0 heterocycles. The second-order valence-corrected chi connectivity index (χ2v) is 9.29. The second kappa shape index (κ2) is 14.0. The van der Waals surface area contributed by atoms with Gasteiger partial charge >= 0.3 is 0 Å². The zero-order chi connectivity index (χ0) is 19.2. The lowest BCUT2D eigenvalue weighted by Gasteiger charge is -2.37. The normalized spacial score (nSPS) is 16.0. The Balaban J connectivity index is 4.48. The Morgan fingerprint density at radius 3 is 1.96 bits per heavy atom. The first-order chi connectivity index (χ1) is 11.8. The van der Waals surface area contributed by atoms with Gasteiger partial charge in [-0.15, -0.1) is 0 Å².